The smallest absolute Gasteiger partial charge is 0.225 e. The lowest BCUT2D eigenvalue weighted by atomic mass is 10.2. The number of benzene rings is 1. The average Bonchev–Trinajstić information content (AvgIpc) is 2.57. The van der Waals surface area contributed by atoms with E-state index in [0.29, 0.717) is 17.5 Å². The number of rotatable bonds is 5. The van der Waals surface area contributed by atoms with Crippen molar-refractivity contribution in [3.05, 3.63) is 58.2 Å². The van der Waals surface area contributed by atoms with Gasteiger partial charge in [0.25, 0.3) is 0 Å². The van der Waals surface area contributed by atoms with Gasteiger partial charge in [-0.2, -0.15) is 4.98 Å². The number of nitrogens with zero attached hydrogens (tertiary/aromatic N) is 3. The Morgan fingerprint density at radius 2 is 1.80 bits per heavy atom. The Hall–Kier alpha value is -2.29. The van der Waals surface area contributed by atoms with Gasteiger partial charge in [0.05, 0.1) is 11.4 Å². The summed E-state index contributed by atoms with van der Waals surface area (Å²) in [5, 5.41) is 6.23. The van der Waals surface area contributed by atoms with Crippen LogP contribution in [0.3, 0.4) is 0 Å². The van der Waals surface area contributed by atoms with Crippen LogP contribution in [-0.2, 0) is 0 Å². The van der Waals surface area contributed by atoms with E-state index >= 15 is 0 Å². The molecular weight excluding hydrogens is 432 g/mol. The van der Waals surface area contributed by atoms with Crippen molar-refractivity contribution < 1.29 is 4.39 Å². The van der Waals surface area contributed by atoms with E-state index < -0.39 is 0 Å². The molecule has 0 aliphatic carbocycles. The van der Waals surface area contributed by atoms with E-state index in [-0.39, 0.29) is 11.9 Å². The third kappa shape index (κ3) is 4.62. The van der Waals surface area contributed by atoms with Gasteiger partial charge in [0.15, 0.2) is 0 Å². The highest BCUT2D eigenvalue weighted by atomic mass is 127. The Balaban J connectivity index is 2.00. The zero-order valence-corrected chi connectivity index (χ0v) is 16.0. The van der Waals surface area contributed by atoms with Crippen LogP contribution in [0.25, 0.3) is 11.3 Å². The van der Waals surface area contributed by atoms with Crippen LogP contribution in [0.4, 0.5) is 21.8 Å². The summed E-state index contributed by atoms with van der Waals surface area (Å²) < 4.78 is 15.0. The molecule has 0 atom stereocenters. The summed E-state index contributed by atoms with van der Waals surface area (Å²) in [6.07, 6.45) is 3.41. The number of hydrogen-bond acceptors (Lipinski definition) is 5. The summed E-state index contributed by atoms with van der Waals surface area (Å²) in [7, 11) is 0. The van der Waals surface area contributed by atoms with Gasteiger partial charge in [-0.3, -0.25) is 4.98 Å². The maximum atomic E-state index is 14.1. The summed E-state index contributed by atoms with van der Waals surface area (Å²) in [5.41, 5.74) is 2.01. The molecule has 0 bridgehead atoms. The first-order valence-corrected chi connectivity index (χ1v) is 8.87. The molecule has 0 aliphatic rings. The van der Waals surface area contributed by atoms with E-state index in [9.17, 15) is 4.39 Å². The van der Waals surface area contributed by atoms with Crippen LogP contribution < -0.4 is 10.6 Å². The predicted molar refractivity (Wildman–Crippen MR) is 106 cm³/mol. The van der Waals surface area contributed by atoms with Crippen molar-refractivity contribution in [3.63, 3.8) is 0 Å². The van der Waals surface area contributed by atoms with Gasteiger partial charge >= 0.3 is 0 Å². The molecule has 7 heteroatoms. The van der Waals surface area contributed by atoms with Crippen LogP contribution in [0.1, 0.15) is 13.8 Å². The van der Waals surface area contributed by atoms with E-state index in [1.54, 1.807) is 24.5 Å². The molecule has 3 aromatic rings. The molecule has 2 N–H and O–H groups in total. The second-order valence-corrected chi connectivity index (χ2v) is 6.99. The molecule has 3 rings (SSSR count). The molecule has 1 aromatic carbocycles. The first kappa shape index (κ1) is 17.5. The van der Waals surface area contributed by atoms with Crippen LogP contribution in [0.2, 0.25) is 0 Å². The molecule has 0 saturated carbocycles. The largest absolute Gasteiger partial charge is 0.352 e. The molecule has 0 aliphatic heterocycles. The number of hydrogen-bond donors (Lipinski definition) is 2. The van der Waals surface area contributed by atoms with Gasteiger partial charge in [0, 0.05) is 33.6 Å². The maximum absolute atomic E-state index is 14.1. The topological polar surface area (TPSA) is 62.7 Å². The Labute approximate surface area is 159 Å². The summed E-state index contributed by atoms with van der Waals surface area (Å²) in [5.74, 6) is 0.678. The highest BCUT2D eigenvalue weighted by Gasteiger charge is 2.10. The molecule has 0 spiro atoms. The normalized spacial score (nSPS) is 10.8. The third-order valence-corrected chi connectivity index (χ3v) is 3.98. The fraction of sp³-hybridized carbons (Fsp3) is 0.167. The first-order valence-electron chi connectivity index (χ1n) is 7.79. The Morgan fingerprint density at radius 3 is 2.48 bits per heavy atom. The monoisotopic (exact) mass is 449 g/mol. The lowest BCUT2D eigenvalue weighted by molar-refractivity contribution is 0.631. The van der Waals surface area contributed by atoms with Crippen molar-refractivity contribution in [2.24, 2.45) is 0 Å². The molecule has 2 heterocycles. The standard InChI is InChI=1S/C18H17FIN5/c1-11(2)22-18-24-16(12-5-7-21-8-6-12)10-17(25-18)23-15-4-3-13(20)9-14(15)19/h3-11H,1-2H3,(H2,22,23,24,25). The summed E-state index contributed by atoms with van der Waals surface area (Å²) >= 11 is 2.08. The number of nitrogens with one attached hydrogen (secondary N) is 2. The highest BCUT2D eigenvalue weighted by molar-refractivity contribution is 14.1. The van der Waals surface area contributed by atoms with Crippen molar-refractivity contribution >= 4 is 40.0 Å². The molecule has 0 fully saturated rings. The lowest BCUT2D eigenvalue weighted by Gasteiger charge is -2.13. The fourth-order valence-electron chi connectivity index (χ4n) is 2.23. The lowest BCUT2D eigenvalue weighted by Crippen LogP contribution is -2.13. The zero-order chi connectivity index (χ0) is 17.8. The number of aromatic nitrogens is 3. The summed E-state index contributed by atoms with van der Waals surface area (Å²) in [6, 6.07) is 10.7. The van der Waals surface area contributed by atoms with Gasteiger partial charge in [-0.15, -0.1) is 0 Å². The van der Waals surface area contributed by atoms with E-state index in [2.05, 4.69) is 48.2 Å². The number of anilines is 3. The molecule has 2 aromatic heterocycles. The van der Waals surface area contributed by atoms with Crippen molar-refractivity contribution in [1.29, 1.82) is 0 Å². The van der Waals surface area contributed by atoms with Gasteiger partial charge in [-0.1, -0.05) is 0 Å². The molecule has 25 heavy (non-hydrogen) atoms. The van der Waals surface area contributed by atoms with Gasteiger partial charge in [0.1, 0.15) is 11.6 Å². The van der Waals surface area contributed by atoms with Crippen molar-refractivity contribution in [2.45, 2.75) is 19.9 Å². The molecular formula is C18H17FIN5. The molecule has 0 saturated heterocycles. The maximum Gasteiger partial charge on any atom is 0.225 e. The van der Waals surface area contributed by atoms with Crippen LogP contribution in [0.15, 0.2) is 48.8 Å². The van der Waals surface area contributed by atoms with Crippen LogP contribution in [0, 0.1) is 9.39 Å². The average molecular weight is 449 g/mol. The molecule has 128 valence electrons. The van der Waals surface area contributed by atoms with Crippen molar-refractivity contribution in [3.8, 4) is 11.3 Å². The summed E-state index contributed by atoms with van der Waals surface area (Å²) in [4.78, 5) is 13.0. The third-order valence-electron chi connectivity index (χ3n) is 3.31. The van der Waals surface area contributed by atoms with Crippen molar-refractivity contribution in [2.75, 3.05) is 10.6 Å². The van der Waals surface area contributed by atoms with Crippen molar-refractivity contribution in [1.82, 2.24) is 15.0 Å². The second kappa shape index (κ2) is 7.73. The Bertz CT molecular complexity index is 871. The van der Waals surface area contributed by atoms with E-state index in [1.807, 2.05) is 32.0 Å². The van der Waals surface area contributed by atoms with Crippen LogP contribution in [0.5, 0.6) is 0 Å². The van der Waals surface area contributed by atoms with Crippen LogP contribution in [-0.4, -0.2) is 21.0 Å². The molecule has 0 unspecified atom stereocenters. The van der Waals surface area contributed by atoms with Gasteiger partial charge < -0.3 is 10.6 Å². The number of halogens is 2. The molecule has 0 amide bonds. The van der Waals surface area contributed by atoms with E-state index in [4.69, 9.17) is 0 Å². The van der Waals surface area contributed by atoms with Gasteiger partial charge in [-0.05, 0) is 66.8 Å². The number of pyridine rings is 1. The minimum Gasteiger partial charge on any atom is -0.352 e. The second-order valence-electron chi connectivity index (χ2n) is 5.75. The van der Waals surface area contributed by atoms with E-state index in [1.165, 1.54) is 6.07 Å². The fourth-order valence-corrected chi connectivity index (χ4v) is 2.69. The quantitative estimate of drug-likeness (QED) is 0.546. The Morgan fingerprint density at radius 1 is 1.04 bits per heavy atom. The Kier molecular flexibility index (Phi) is 5.42. The highest BCUT2D eigenvalue weighted by Crippen LogP contribution is 2.25. The summed E-state index contributed by atoms with van der Waals surface area (Å²) in [6.45, 7) is 4.02. The minimum atomic E-state index is -0.325. The first-order chi connectivity index (χ1) is 12.0. The molecule has 0 radical (unpaired) electrons. The molecule has 5 nitrogen and oxygen atoms in total. The van der Waals surface area contributed by atoms with Gasteiger partial charge in [0.2, 0.25) is 5.95 Å². The van der Waals surface area contributed by atoms with Gasteiger partial charge in [-0.25, -0.2) is 9.37 Å². The van der Waals surface area contributed by atoms with Crippen LogP contribution >= 0.6 is 22.6 Å². The minimum absolute atomic E-state index is 0.176. The zero-order valence-electron chi connectivity index (χ0n) is 13.8. The predicted octanol–water partition coefficient (Wildman–Crippen LogP) is 4.85. The SMILES string of the molecule is CC(C)Nc1nc(Nc2ccc(I)cc2F)cc(-c2ccncc2)n1. The van der Waals surface area contributed by atoms with E-state index in [0.717, 1.165) is 14.8 Å².